The van der Waals surface area contributed by atoms with Gasteiger partial charge in [-0.1, -0.05) is 136 Å². The zero-order valence-electron chi connectivity index (χ0n) is 28.3. The molecule has 240 valence electrons. The second-order valence-electron chi connectivity index (χ2n) is 12.9. The molecule has 0 bridgehead atoms. The summed E-state index contributed by atoms with van der Waals surface area (Å²) < 4.78 is 5.69. The standard InChI is InChI=1S/C36H74N2O2/c1-6-9-12-14-15-18-21-25-30-38(33-32-37(4)5)31-26-22-19-16-17-20-24-29-36(39)40-34-35(27-11-8-3)28-23-13-10-7-2/h35H,6-34H2,1-5H3. The average molecular weight is 567 g/mol. The van der Waals surface area contributed by atoms with E-state index < -0.39 is 0 Å². The predicted octanol–water partition coefficient (Wildman–Crippen LogP) is 10.4. The van der Waals surface area contributed by atoms with Crippen LogP contribution >= 0.6 is 0 Å². The van der Waals surface area contributed by atoms with Gasteiger partial charge in [0.15, 0.2) is 0 Å². The fourth-order valence-electron chi connectivity index (χ4n) is 5.58. The van der Waals surface area contributed by atoms with Crippen LogP contribution in [0.2, 0.25) is 0 Å². The van der Waals surface area contributed by atoms with E-state index in [1.807, 2.05) is 0 Å². The lowest BCUT2D eigenvalue weighted by Gasteiger charge is -2.24. The van der Waals surface area contributed by atoms with E-state index in [0.29, 0.717) is 18.9 Å². The van der Waals surface area contributed by atoms with E-state index in [1.165, 1.54) is 161 Å². The SMILES string of the molecule is CCCCCCCCCCN(CCCCCCCCCC(=O)OCC(CCCC)CCCCCC)CCN(C)C. The summed E-state index contributed by atoms with van der Waals surface area (Å²) in [7, 11) is 4.38. The molecule has 0 amide bonds. The van der Waals surface area contributed by atoms with Crippen LogP contribution in [-0.2, 0) is 9.53 Å². The highest BCUT2D eigenvalue weighted by Crippen LogP contribution is 2.18. The van der Waals surface area contributed by atoms with Gasteiger partial charge in [-0.3, -0.25) is 4.79 Å². The Kier molecular flexibility index (Phi) is 30.9. The van der Waals surface area contributed by atoms with Crippen molar-refractivity contribution in [1.82, 2.24) is 9.80 Å². The number of esters is 1. The van der Waals surface area contributed by atoms with Gasteiger partial charge in [0.05, 0.1) is 6.61 Å². The quantitative estimate of drug-likeness (QED) is 0.0599. The van der Waals surface area contributed by atoms with Crippen molar-refractivity contribution >= 4 is 5.97 Å². The van der Waals surface area contributed by atoms with Gasteiger partial charge < -0.3 is 14.5 Å². The molecule has 0 aromatic carbocycles. The molecule has 0 aromatic rings. The summed E-state index contributed by atoms with van der Waals surface area (Å²) >= 11 is 0. The van der Waals surface area contributed by atoms with Crippen LogP contribution in [0, 0.1) is 5.92 Å². The third kappa shape index (κ3) is 28.9. The largest absolute Gasteiger partial charge is 0.465 e. The summed E-state index contributed by atoms with van der Waals surface area (Å²) in [6.07, 6.45) is 30.7. The molecule has 0 aliphatic heterocycles. The Morgan fingerprint density at radius 1 is 0.525 bits per heavy atom. The van der Waals surface area contributed by atoms with Gasteiger partial charge in [0.25, 0.3) is 0 Å². The summed E-state index contributed by atoms with van der Waals surface area (Å²) in [6.45, 7) is 12.4. The van der Waals surface area contributed by atoms with Gasteiger partial charge in [-0.2, -0.15) is 0 Å². The first-order valence-corrected chi connectivity index (χ1v) is 18.1. The molecule has 0 aliphatic carbocycles. The highest BCUT2D eigenvalue weighted by atomic mass is 16.5. The number of nitrogens with zero attached hydrogens (tertiary/aromatic N) is 2. The maximum absolute atomic E-state index is 12.3. The number of hydrogen-bond donors (Lipinski definition) is 0. The number of hydrogen-bond acceptors (Lipinski definition) is 4. The molecule has 0 aliphatic rings. The summed E-state index contributed by atoms with van der Waals surface area (Å²) in [5, 5.41) is 0. The zero-order valence-corrected chi connectivity index (χ0v) is 28.3. The summed E-state index contributed by atoms with van der Waals surface area (Å²) in [5.74, 6) is 0.601. The minimum Gasteiger partial charge on any atom is -0.465 e. The molecule has 0 aromatic heterocycles. The molecule has 4 heteroatoms. The second-order valence-corrected chi connectivity index (χ2v) is 12.9. The van der Waals surface area contributed by atoms with Crippen molar-refractivity contribution in [3.05, 3.63) is 0 Å². The molecular weight excluding hydrogens is 492 g/mol. The third-order valence-electron chi connectivity index (χ3n) is 8.46. The van der Waals surface area contributed by atoms with Crippen molar-refractivity contribution in [2.75, 3.05) is 46.9 Å². The normalized spacial score (nSPS) is 12.5. The second kappa shape index (κ2) is 31.3. The minimum absolute atomic E-state index is 0.0318. The Labute approximate surface area is 252 Å². The molecule has 0 fully saturated rings. The van der Waals surface area contributed by atoms with Crippen molar-refractivity contribution in [2.24, 2.45) is 5.92 Å². The topological polar surface area (TPSA) is 32.8 Å². The van der Waals surface area contributed by atoms with Crippen LogP contribution in [0.3, 0.4) is 0 Å². The zero-order chi connectivity index (χ0) is 29.5. The van der Waals surface area contributed by atoms with Crippen molar-refractivity contribution in [3.8, 4) is 0 Å². The van der Waals surface area contributed by atoms with Crippen LogP contribution in [0.25, 0.3) is 0 Å². The Hall–Kier alpha value is -0.610. The van der Waals surface area contributed by atoms with E-state index in [9.17, 15) is 4.79 Å². The first kappa shape index (κ1) is 39.4. The number of ether oxygens (including phenoxy) is 1. The van der Waals surface area contributed by atoms with Gasteiger partial charge in [0.1, 0.15) is 0 Å². The molecule has 4 nitrogen and oxygen atoms in total. The third-order valence-corrected chi connectivity index (χ3v) is 8.46. The lowest BCUT2D eigenvalue weighted by Crippen LogP contribution is -2.33. The maximum Gasteiger partial charge on any atom is 0.305 e. The molecule has 1 atom stereocenters. The van der Waals surface area contributed by atoms with Crippen LogP contribution in [0.4, 0.5) is 0 Å². The van der Waals surface area contributed by atoms with E-state index >= 15 is 0 Å². The van der Waals surface area contributed by atoms with Crippen LogP contribution < -0.4 is 0 Å². The van der Waals surface area contributed by atoms with Crippen LogP contribution in [0.1, 0.15) is 175 Å². The summed E-state index contributed by atoms with van der Waals surface area (Å²) in [5.41, 5.74) is 0. The molecule has 0 rings (SSSR count). The number of rotatable bonds is 32. The number of carbonyl (C=O) groups is 1. The Morgan fingerprint density at radius 3 is 1.50 bits per heavy atom. The molecule has 1 unspecified atom stereocenters. The van der Waals surface area contributed by atoms with Crippen molar-refractivity contribution in [1.29, 1.82) is 0 Å². The predicted molar refractivity (Wildman–Crippen MR) is 177 cm³/mol. The molecule has 0 saturated heterocycles. The van der Waals surface area contributed by atoms with Crippen molar-refractivity contribution < 1.29 is 9.53 Å². The fraction of sp³-hybridized carbons (Fsp3) is 0.972. The smallest absolute Gasteiger partial charge is 0.305 e. The summed E-state index contributed by atoms with van der Waals surface area (Å²) in [4.78, 5) is 17.3. The fourth-order valence-corrected chi connectivity index (χ4v) is 5.58. The lowest BCUT2D eigenvalue weighted by atomic mass is 9.96. The number of carbonyl (C=O) groups excluding carboxylic acids is 1. The van der Waals surface area contributed by atoms with Crippen LogP contribution in [0.5, 0.6) is 0 Å². The Balaban J connectivity index is 3.85. The van der Waals surface area contributed by atoms with E-state index in [1.54, 1.807) is 0 Å². The van der Waals surface area contributed by atoms with Gasteiger partial charge in [0.2, 0.25) is 0 Å². The molecule has 0 spiro atoms. The van der Waals surface area contributed by atoms with Crippen molar-refractivity contribution in [2.45, 2.75) is 175 Å². The van der Waals surface area contributed by atoms with E-state index in [2.05, 4.69) is 44.7 Å². The highest BCUT2D eigenvalue weighted by Gasteiger charge is 2.12. The first-order valence-electron chi connectivity index (χ1n) is 18.1. The van der Waals surface area contributed by atoms with E-state index in [-0.39, 0.29) is 5.97 Å². The average Bonchev–Trinajstić information content (AvgIpc) is 2.94. The van der Waals surface area contributed by atoms with Gasteiger partial charge in [-0.05, 0) is 65.2 Å². The van der Waals surface area contributed by atoms with Crippen LogP contribution in [0.15, 0.2) is 0 Å². The van der Waals surface area contributed by atoms with Gasteiger partial charge in [-0.25, -0.2) is 0 Å². The van der Waals surface area contributed by atoms with Crippen LogP contribution in [-0.4, -0.2) is 62.7 Å². The van der Waals surface area contributed by atoms with Gasteiger partial charge >= 0.3 is 5.97 Å². The molecule has 0 heterocycles. The highest BCUT2D eigenvalue weighted by molar-refractivity contribution is 5.69. The van der Waals surface area contributed by atoms with E-state index in [4.69, 9.17) is 4.74 Å². The molecule has 0 radical (unpaired) electrons. The molecule has 0 N–H and O–H groups in total. The number of unbranched alkanes of at least 4 members (excludes halogenated alkanes) is 17. The minimum atomic E-state index is 0.0318. The molecule has 0 saturated carbocycles. The van der Waals surface area contributed by atoms with Gasteiger partial charge in [-0.15, -0.1) is 0 Å². The van der Waals surface area contributed by atoms with E-state index in [0.717, 1.165) is 13.0 Å². The lowest BCUT2D eigenvalue weighted by molar-refractivity contribution is -0.145. The Bertz CT molecular complexity index is 511. The Morgan fingerprint density at radius 2 is 0.975 bits per heavy atom. The molecule has 40 heavy (non-hydrogen) atoms. The maximum atomic E-state index is 12.3. The number of likely N-dealkylation sites (N-methyl/N-ethyl adjacent to an activating group) is 1. The first-order chi connectivity index (χ1) is 19.5. The monoisotopic (exact) mass is 567 g/mol. The van der Waals surface area contributed by atoms with Crippen molar-refractivity contribution in [3.63, 3.8) is 0 Å². The molecular formula is C36H74N2O2. The summed E-state index contributed by atoms with van der Waals surface area (Å²) in [6, 6.07) is 0. The van der Waals surface area contributed by atoms with Gasteiger partial charge in [0, 0.05) is 19.5 Å².